The minimum atomic E-state index is 0.0718. The molecule has 0 atom stereocenters. The number of allylic oxidation sites excluding steroid dienone is 2. The fraction of sp³-hybridized carbons (Fsp3) is 0.171. The van der Waals surface area contributed by atoms with Crippen molar-refractivity contribution in [1.29, 1.82) is 0 Å². The molecule has 0 amide bonds. The third-order valence-corrected chi connectivity index (χ3v) is 6.74. The minimum Gasteiger partial charge on any atom is -0.505 e. The first-order chi connectivity index (χ1) is 22.0. The standard InChI is InChI=1S/C21H20O2.C20H18O2/c1-17(22)19-14-12-18(13-15-19)7-5-10-20-8-3-4-9-21(20)11-6-16-23-2;1-22-15-5-10-20-8-3-2-7-19(20)9-4-6-17-11-13-18(16-21)14-12-17/h3-4,6,8-9,12-16H,10-11H2,1-2H3;2-3,5,7-8,11-16H,9-10H2,1H3. The molecule has 0 N–H and O–H groups in total. The molecule has 0 heterocycles. The lowest BCUT2D eigenvalue weighted by molar-refractivity contribution is 0.101. The first kappa shape index (κ1) is 33.9. The third kappa shape index (κ3) is 12.3. The molecule has 4 heteroatoms. The van der Waals surface area contributed by atoms with E-state index in [1.165, 1.54) is 22.3 Å². The summed E-state index contributed by atoms with van der Waals surface area (Å²) in [5, 5.41) is 0. The molecule has 0 radical (unpaired) electrons. The molecule has 45 heavy (non-hydrogen) atoms. The van der Waals surface area contributed by atoms with Gasteiger partial charge in [-0.1, -0.05) is 96.5 Å². The number of benzene rings is 4. The summed E-state index contributed by atoms with van der Waals surface area (Å²) < 4.78 is 9.86. The van der Waals surface area contributed by atoms with Gasteiger partial charge in [-0.15, -0.1) is 0 Å². The lowest BCUT2D eigenvalue weighted by Gasteiger charge is -2.03. The van der Waals surface area contributed by atoms with E-state index in [-0.39, 0.29) is 5.78 Å². The monoisotopic (exact) mass is 594 g/mol. The summed E-state index contributed by atoms with van der Waals surface area (Å²) in [7, 11) is 3.29. The molecule has 4 aromatic carbocycles. The van der Waals surface area contributed by atoms with Crippen LogP contribution in [0.1, 0.15) is 61.0 Å². The number of carbonyl (C=O) groups is 2. The number of ether oxygens (including phenoxy) is 2. The summed E-state index contributed by atoms with van der Waals surface area (Å²) in [6.07, 6.45) is 11.3. The molecule has 0 aliphatic heterocycles. The number of aldehydes is 1. The van der Waals surface area contributed by atoms with Crippen LogP contribution in [0.3, 0.4) is 0 Å². The predicted molar refractivity (Wildman–Crippen MR) is 182 cm³/mol. The number of hydrogen-bond acceptors (Lipinski definition) is 4. The van der Waals surface area contributed by atoms with Crippen LogP contribution in [-0.2, 0) is 35.2 Å². The summed E-state index contributed by atoms with van der Waals surface area (Å²) in [6, 6.07) is 31.2. The van der Waals surface area contributed by atoms with Crippen molar-refractivity contribution >= 4 is 12.1 Å². The van der Waals surface area contributed by atoms with Crippen molar-refractivity contribution in [3.05, 3.63) is 166 Å². The van der Waals surface area contributed by atoms with Crippen molar-refractivity contribution < 1.29 is 19.1 Å². The molecule has 226 valence electrons. The molecular weight excluding hydrogens is 556 g/mol. The number of methoxy groups -OCH3 is 2. The Morgan fingerprint density at radius 2 is 1.04 bits per heavy atom. The summed E-state index contributed by atoms with van der Waals surface area (Å²) >= 11 is 0. The molecule has 0 bridgehead atoms. The smallest absolute Gasteiger partial charge is 0.159 e. The van der Waals surface area contributed by atoms with E-state index in [0.29, 0.717) is 24.0 Å². The molecule has 4 nitrogen and oxygen atoms in total. The van der Waals surface area contributed by atoms with Gasteiger partial charge in [-0.3, -0.25) is 9.59 Å². The Balaban J connectivity index is 0.000000246. The van der Waals surface area contributed by atoms with Crippen molar-refractivity contribution in [2.75, 3.05) is 14.2 Å². The van der Waals surface area contributed by atoms with Gasteiger partial charge in [0.05, 0.1) is 26.7 Å². The van der Waals surface area contributed by atoms with Gasteiger partial charge in [0.15, 0.2) is 5.78 Å². The second kappa shape index (κ2) is 19.6. The highest BCUT2D eigenvalue weighted by atomic mass is 16.5. The van der Waals surface area contributed by atoms with Crippen molar-refractivity contribution in [2.45, 2.75) is 32.6 Å². The zero-order valence-electron chi connectivity index (χ0n) is 26.1. The van der Waals surface area contributed by atoms with Gasteiger partial charge in [0.25, 0.3) is 0 Å². The number of carbonyl (C=O) groups excluding carboxylic acids is 2. The molecule has 0 saturated heterocycles. The Kier molecular flexibility index (Phi) is 14.8. The van der Waals surface area contributed by atoms with Gasteiger partial charge in [-0.25, -0.2) is 0 Å². The van der Waals surface area contributed by atoms with Crippen molar-refractivity contribution in [3.8, 4) is 23.7 Å². The molecule has 0 unspecified atom stereocenters. The Bertz CT molecular complexity index is 1700. The second-order valence-corrected chi connectivity index (χ2v) is 9.99. The lowest BCUT2D eigenvalue weighted by Crippen LogP contribution is -1.92. The van der Waals surface area contributed by atoms with Crippen LogP contribution in [0.5, 0.6) is 0 Å². The van der Waals surface area contributed by atoms with Crippen LogP contribution in [0.2, 0.25) is 0 Å². The number of ketones is 1. The van der Waals surface area contributed by atoms with Gasteiger partial charge in [0, 0.05) is 35.1 Å². The Morgan fingerprint density at radius 3 is 1.44 bits per heavy atom. The van der Waals surface area contributed by atoms with Gasteiger partial charge in [-0.05, 0) is 78.4 Å². The van der Waals surface area contributed by atoms with E-state index in [9.17, 15) is 9.59 Å². The van der Waals surface area contributed by atoms with Gasteiger partial charge in [0.2, 0.25) is 0 Å². The average molecular weight is 595 g/mol. The van der Waals surface area contributed by atoms with Crippen LogP contribution in [0.15, 0.2) is 122 Å². The fourth-order valence-electron chi connectivity index (χ4n) is 4.32. The largest absolute Gasteiger partial charge is 0.505 e. The summed E-state index contributed by atoms with van der Waals surface area (Å²) in [6.45, 7) is 1.57. The molecular formula is C41H38O4. The van der Waals surface area contributed by atoms with E-state index in [1.807, 2.05) is 72.8 Å². The zero-order valence-corrected chi connectivity index (χ0v) is 26.1. The van der Waals surface area contributed by atoms with E-state index < -0.39 is 0 Å². The maximum atomic E-state index is 11.3. The fourth-order valence-corrected chi connectivity index (χ4v) is 4.32. The third-order valence-electron chi connectivity index (χ3n) is 6.74. The first-order valence-corrected chi connectivity index (χ1v) is 14.7. The Labute approximate surface area is 267 Å². The molecule has 0 aliphatic rings. The van der Waals surface area contributed by atoms with E-state index in [0.717, 1.165) is 30.3 Å². The maximum Gasteiger partial charge on any atom is 0.159 e. The van der Waals surface area contributed by atoms with Gasteiger partial charge in [0.1, 0.15) is 6.29 Å². The normalized spacial score (nSPS) is 10.1. The highest BCUT2D eigenvalue weighted by Gasteiger charge is 2.00. The molecule has 0 aliphatic carbocycles. The topological polar surface area (TPSA) is 52.6 Å². The second-order valence-electron chi connectivity index (χ2n) is 9.99. The van der Waals surface area contributed by atoms with Crippen LogP contribution in [-0.4, -0.2) is 26.3 Å². The lowest BCUT2D eigenvalue weighted by atomic mass is 10.0. The molecule has 0 saturated carbocycles. The first-order valence-electron chi connectivity index (χ1n) is 14.7. The summed E-state index contributed by atoms with van der Waals surface area (Å²) in [4.78, 5) is 21.9. The Morgan fingerprint density at radius 1 is 0.622 bits per heavy atom. The average Bonchev–Trinajstić information content (AvgIpc) is 3.07. The summed E-state index contributed by atoms with van der Waals surface area (Å²) in [5.41, 5.74) is 8.17. The van der Waals surface area contributed by atoms with Crippen LogP contribution >= 0.6 is 0 Å². The molecule has 0 fully saturated rings. The highest BCUT2D eigenvalue weighted by molar-refractivity contribution is 5.94. The van der Waals surface area contributed by atoms with E-state index >= 15 is 0 Å². The van der Waals surface area contributed by atoms with E-state index in [2.05, 4.69) is 47.9 Å². The van der Waals surface area contributed by atoms with Crippen LogP contribution in [0.25, 0.3) is 0 Å². The van der Waals surface area contributed by atoms with Gasteiger partial charge < -0.3 is 9.47 Å². The molecule has 0 spiro atoms. The van der Waals surface area contributed by atoms with Crippen LogP contribution in [0.4, 0.5) is 0 Å². The predicted octanol–water partition coefficient (Wildman–Crippen LogP) is 7.98. The van der Waals surface area contributed by atoms with E-state index in [4.69, 9.17) is 9.47 Å². The molecule has 0 aromatic heterocycles. The van der Waals surface area contributed by atoms with Crippen molar-refractivity contribution in [1.82, 2.24) is 0 Å². The SMILES string of the molecule is COC=CCc1ccccc1CC#Cc1ccc(C(C)=O)cc1.COC=CCc1ccccc1CC#Cc1ccc(C=O)cc1. The number of Topliss-reactive ketones (excluding diaryl/α,β-unsaturated/α-hetero) is 1. The minimum absolute atomic E-state index is 0.0718. The van der Waals surface area contributed by atoms with Gasteiger partial charge in [-0.2, -0.15) is 0 Å². The molecule has 4 rings (SSSR count). The number of rotatable bonds is 10. The molecule has 4 aromatic rings. The van der Waals surface area contributed by atoms with Crippen molar-refractivity contribution in [3.63, 3.8) is 0 Å². The maximum absolute atomic E-state index is 11.3. The van der Waals surface area contributed by atoms with Crippen molar-refractivity contribution in [2.24, 2.45) is 0 Å². The van der Waals surface area contributed by atoms with Crippen LogP contribution in [0, 0.1) is 23.7 Å². The quantitative estimate of drug-likeness (QED) is 0.0809. The zero-order chi connectivity index (χ0) is 32.1. The summed E-state index contributed by atoms with van der Waals surface area (Å²) in [5.74, 6) is 12.8. The van der Waals surface area contributed by atoms with E-state index in [1.54, 1.807) is 45.8 Å². The number of hydrogen-bond donors (Lipinski definition) is 0. The highest BCUT2D eigenvalue weighted by Crippen LogP contribution is 2.12. The van der Waals surface area contributed by atoms with Crippen LogP contribution < -0.4 is 0 Å². The Hall–Kier alpha value is -5.58. The van der Waals surface area contributed by atoms with Gasteiger partial charge >= 0.3 is 0 Å².